The van der Waals surface area contributed by atoms with Crippen molar-refractivity contribution >= 4 is 23.2 Å². The number of non-ortho nitro benzene ring substituents is 1. The fourth-order valence-corrected chi connectivity index (χ4v) is 4.31. The van der Waals surface area contributed by atoms with Gasteiger partial charge in [0.15, 0.2) is 6.61 Å². The molecule has 8 heteroatoms. The largest absolute Gasteiger partial charge is 0.482 e. The lowest BCUT2D eigenvalue weighted by atomic mass is 9.90. The molecule has 0 bridgehead atoms. The van der Waals surface area contributed by atoms with Gasteiger partial charge in [0, 0.05) is 25.2 Å². The average Bonchev–Trinajstić information content (AvgIpc) is 2.80. The summed E-state index contributed by atoms with van der Waals surface area (Å²) in [4.78, 5) is 39.0. The summed E-state index contributed by atoms with van der Waals surface area (Å²) in [6.07, 6.45) is 4.02. The molecule has 2 aromatic rings. The van der Waals surface area contributed by atoms with Crippen molar-refractivity contribution in [1.29, 1.82) is 0 Å². The second-order valence-electron chi connectivity index (χ2n) is 8.53. The molecule has 1 fully saturated rings. The minimum atomic E-state index is -0.527. The molecule has 0 aromatic heterocycles. The molecule has 2 aliphatic heterocycles. The number of amides is 2. The summed E-state index contributed by atoms with van der Waals surface area (Å²) < 4.78 is 5.37. The van der Waals surface area contributed by atoms with Gasteiger partial charge in [-0.25, -0.2) is 0 Å². The zero-order valence-electron chi connectivity index (χ0n) is 18.2. The van der Waals surface area contributed by atoms with Gasteiger partial charge in [0.2, 0.25) is 5.91 Å². The van der Waals surface area contributed by atoms with Gasteiger partial charge in [0.25, 0.3) is 11.6 Å². The summed E-state index contributed by atoms with van der Waals surface area (Å²) in [5, 5.41) is 11.1. The number of carbonyl (C=O) groups excluding carboxylic acids is 2. The quantitative estimate of drug-likeness (QED) is 0.509. The van der Waals surface area contributed by atoms with E-state index in [1.807, 2.05) is 0 Å². The van der Waals surface area contributed by atoms with Gasteiger partial charge >= 0.3 is 0 Å². The molecule has 0 spiro atoms. The normalized spacial score (nSPS) is 16.5. The predicted octanol–water partition coefficient (Wildman–Crippen LogP) is 3.50. The lowest BCUT2D eigenvalue weighted by Crippen LogP contribution is -2.48. The van der Waals surface area contributed by atoms with Crippen molar-refractivity contribution in [2.45, 2.75) is 32.6 Å². The molecule has 0 radical (unpaired) electrons. The monoisotopic (exact) mass is 437 g/mol. The third kappa shape index (κ3) is 4.90. The Kier molecular flexibility index (Phi) is 6.39. The van der Waals surface area contributed by atoms with E-state index in [4.69, 9.17) is 4.74 Å². The van der Waals surface area contributed by atoms with E-state index < -0.39 is 4.92 Å². The summed E-state index contributed by atoms with van der Waals surface area (Å²) >= 11 is 0. The fraction of sp³-hybridized carbons (Fsp3) is 0.417. The van der Waals surface area contributed by atoms with Crippen molar-refractivity contribution in [3.05, 3.63) is 63.7 Å². The van der Waals surface area contributed by atoms with Gasteiger partial charge in [-0.3, -0.25) is 24.6 Å². The maximum atomic E-state index is 12.9. The number of aryl methyl sites for hydroxylation is 2. The predicted molar refractivity (Wildman–Crippen MR) is 120 cm³/mol. The lowest BCUT2D eigenvalue weighted by molar-refractivity contribution is -0.384. The first-order chi connectivity index (χ1) is 15.4. The number of nitrogens with zero attached hydrogens (tertiary/aromatic N) is 3. The number of rotatable bonds is 6. The Hall–Kier alpha value is -3.42. The molecule has 2 heterocycles. The Morgan fingerprint density at radius 3 is 2.56 bits per heavy atom. The number of nitro groups is 1. The highest BCUT2D eigenvalue weighted by molar-refractivity contribution is 6.02. The molecule has 0 aliphatic carbocycles. The highest BCUT2D eigenvalue weighted by Crippen LogP contribution is 2.35. The number of ether oxygens (including phenoxy) is 1. The zero-order chi connectivity index (χ0) is 22.7. The topological polar surface area (TPSA) is 93.0 Å². The summed E-state index contributed by atoms with van der Waals surface area (Å²) in [6.45, 7) is 3.10. The molecule has 1 saturated heterocycles. The number of anilines is 1. The van der Waals surface area contributed by atoms with Crippen LogP contribution in [0.1, 0.15) is 30.4 Å². The van der Waals surface area contributed by atoms with E-state index in [-0.39, 0.29) is 36.3 Å². The Morgan fingerprint density at radius 1 is 1.16 bits per heavy atom. The number of nitro benzene ring substituents is 1. The molecule has 2 amide bonds. The Balaban J connectivity index is 1.33. The molecule has 0 atom stereocenters. The molecule has 4 rings (SSSR count). The van der Waals surface area contributed by atoms with Gasteiger partial charge in [0.05, 0.1) is 10.6 Å². The minimum Gasteiger partial charge on any atom is -0.482 e. The van der Waals surface area contributed by atoms with Gasteiger partial charge in [0.1, 0.15) is 12.3 Å². The lowest BCUT2D eigenvalue weighted by Gasteiger charge is -2.35. The van der Waals surface area contributed by atoms with E-state index >= 15 is 0 Å². The van der Waals surface area contributed by atoms with Crippen LogP contribution in [0.2, 0.25) is 0 Å². The third-order valence-electron chi connectivity index (χ3n) is 6.32. The molecule has 0 saturated carbocycles. The minimum absolute atomic E-state index is 0.135. The number of hydrogen-bond donors (Lipinski definition) is 0. The molecule has 2 aliphatic rings. The van der Waals surface area contributed by atoms with Crippen molar-refractivity contribution in [3.8, 4) is 5.75 Å². The van der Waals surface area contributed by atoms with E-state index in [1.165, 1.54) is 34.2 Å². The highest BCUT2D eigenvalue weighted by Gasteiger charge is 2.31. The van der Waals surface area contributed by atoms with Crippen LogP contribution >= 0.6 is 0 Å². The van der Waals surface area contributed by atoms with Crippen molar-refractivity contribution in [2.75, 3.05) is 31.1 Å². The summed E-state index contributed by atoms with van der Waals surface area (Å²) in [5.41, 5.74) is 2.73. The van der Waals surface area contributed by atoms with E-state index in [0.717, 1.165) is 25.7 Å². The van der Waals surface area contributed by atoms with Gasteiger partial charge < -0.3 is 9.64 Å². The third-order valence-corrected chi connectivity index (χ3v) is 6.32. The molecule has 2 aromatic carbocycles. The second kappa shape index (κ2) is 9.38. The Labute approximate surface area is 186 Å². The zero-order valence-corrected chi connectivity index (χ0v) is 18.2. The van der Waals surface area contributed by atoms with Crippen LogP contribution in [-0.2, 0) is 16.0 Å². The standard InChI is InChI=1S/C24H27N3O5/c1-17-2-4-18(5-3-17)6-7-19-10-12-25(13-11-19)23(28)15-26-21-14-20(27(30)31)8-9-22(21)32-16-24(26)29/h2-5,8-9,14,19H,6-7,10-13,15-16H2,1H3. The maximum absolute atomic E-state index is 12.9. The fourth-order valence-electron chi connectivity index (χ4n) is 4.31. The first-order valence-corrected chi connectivity index (χ1v) is 11.0. The number of likely N-dealkylation sites (tertiary alicyclic amines) is 1. The summed E-state index contributed by atoms with van der Waals surface area (Å²) in [6, 6.07) is 12.7. The van der Waals surface area contributed by atoms with Crippen molar-refractivity contribution in [2.24, 2.45) is 5.92 Å². The number of benzene rings is 2. The SMILES string of the molecule is Cc1ccc(CCC2CCN(C(=O)CN3C(=O)COc4ccc([N+](=O)[O-])cc43)CC2)cc1. The smallest absolute Gasteiger partial charge is 0.271 e. The maximum Gasteiger partial charge on any atom is 0.271 e. The molecule has 0 N–H and O–H groups in total. The molecule has 8 nitrogen and oxygen atoms in total. The van der Waals surface area contributed by atoms with Crippen molar-refractivity contribution in [3.63, 3.8) is 0 Å². The first kappa shape index (κ1) is 21.8. The van der Waals surface area contributed by atoms with Gasteiger partial charge in [-0.05, 0) is 50.2 Å². The van der Waals surface area contributed by atoms with Crippen LogP contribution < -0.4 is 9.64 Å². The first-order valence-electron chi connectivity index (χ1n) is 11.0. The molecule has 168 valence electrons. The molecule has 0 unspecified atom stereocenters. The van der Waals surface area contributed by atoms with Crippen molar-refractivity contribution in [1.82, 2.24) is 4.90 Å². The molecule has 32 heavy (non-hydrogen) atoms. The van der Waals surface area contributed by atoms with E-state index in [1.54, 1.807) is 4.90 Å². The van der Waals surface area contributed by atoms with Crippen LogP contribution in [0.3, 0.4) is 0 Å². The molecular weight excluding hydrogens is 410 g/mol. The van der Waals surface area contributed by atoms with E-state index in [9.17, 15) is 19.7 Å². The second-order valence-corrected chi connectivity index (χ2v) is 8.53. The highest BCUT2D eigenvalue weighted by atomic mass is 16.6. The van der Waals surface area contributed by atoms with Gasteiger partial charge in [-0.1, -0.05) is 29.8 Å². The number of carbonyl (C=O) groups is 2. The number of piperidine rings is 1. The van der Waals surface area contributed by atoms with Crippen LogP contribution in [0.4, 0.5) is 11.4 Å². The van der Waals surface area contributed by atoms with Crippen LogP contribution in [0, 0.1) is 23.0 Å². The number of hydrogen-bond acceptors (Lipinski definition) is 5. The van der Waals surface area contributed by atoms with E-state index in [0.29, 0.717) is 24.8 Å². The Morgan fingerprint density at radius 2 is 1.88 bits per heavy atom. The number of fused-ring (bicyclic) bond motifs is 1. The van der Waals surface area contributed by atoms with Crippen LogP contribution in [-0.4, -0.2) is 47.9 Å². The Bertz CT molecular complexity index is 1010. The van der Waals surface area contributed by atoms with Gasteiger partial charge in [-0.15, -0.1) is 0 Å². The summed E-state index contributed by atoms with van der Waals surface area (Å²) in [7, 11) is 0. The van der Waals surface area contributed by atoms with E-state index in [2.05, 4.69) is 31.2 Å². The van der Waals surface area contributed by atoms with Gasteiger partial charge in [-0.2, -0.15) is 0 Å². The molecular formula is C24H27N3O5. The average molecular weight is 437 g/mol. The van der Waals surface area contributed by atoms with Crippen molar-refractivity contribution < 1.29 is 19.2 Å². The van der Waals surface area contributed by atoms with Crippen LogP contribution in [0.5, 0.6) is 5.75 Å². The van der Waals surface area contributed by atoms with Crippen LogP contribution in [0.25, 0.3) is 0 Å². The summed E-state index contributed by atoms with van der Waals surface area (Å²) in [5.74, 6) is 0.431. The van der Waals surface area contributed by atoms with Crippen LogP contribution in [0.15, 0.2) is 42.5 Å².